The summed E-state index contributed by atoms with van der Waals surface area (Å²) in [5.41, 5.74) is 1.19. The highest BCUT2D eigenvalue weighted by molar-refractivity contribution is 5.39. The second-order valence-corrected chi connectivity index (χ2v) is 8.63. The first-order valence-corrected chi connectivity index (χ1v) is 11.6. The fourth-order valence-corrected chi connectivity index (χ4v) is 4.26. The third kappa shape index (κ3) is 7.64. The Labute approximate surface area is 206 Å². The Morgan fingerprint density at radius 1 is 1.00 bits per heavy atom. The number of unbranched alkanes of at least 4 members (excludes halogenated alkanes) is 4. The van der Waals surface area contributed by atoms with Gasteiger partial charge in [0.15, 0.2) is 0 Å². The second kappa shape index (κ2) is 13.4. The third-order valence-corrected chi connectivity index (χ3v) is 6.70. The Kier molecular flexibility index (Phi) is 11.7. The van der Waals surface area contributed by atoms with Gasteiger partial charge in [0.05, 0.1) is 30.1 Å². The fraction of sp³-hybridized carbons (Fsp3) is 0.583. The number of quaternary nitrogens is 1. The number of halogens is 1. The molecule has 0 fully saturated rings. The molecule has 2 aromatic rings. The predicted octanol–water partition coefficient (Wildman–Crippen LogP) is 0.775. The van der Waals surface area contributed by atoms with Crippen LogP contribution < -0.4 is 28.2 Å². The zero-order valence-electron chi connectivity index (χ0n) is 20.3. The number of nitrogens with zero attached hydrogens (tertiary/aromatic N) is 4. The van der Waals surface area contributed by atoms with Gasteiger partial charge in [0.2, 0.25) is 0 Å². The molecule has 1 aromatic carbocycles. The van der Waals surface area contributed by atoms with Gasteiger partial charge in [-0.15, -0.1) is 0 Å². The fourth-order valence-electron chi connectivity index (χ4n) is 4.26. The Morgan fingerprint density at radius 3 is 2.24 bits per heavy atom. The molecule has 0 saturated carbocycles. The lowest BCUT2D eigenvalue weighted by atomic mass is 10.1. The lowest BCUT2D eigenvalue weighted by molar-refractivity contribution is -0.938. The van der Waals surface area contributed by atoms with Crippen molar-refractivity contribution in [3.8, 4) is 0 Å². The maximum atomic E-state index is 12.3. The van der Waals surface area contributed by atoms with Crippen molar-refractivity contribution in [3.05, 3.63) is 72.5 Å². The van der Waals surface area contributed by atoms with Crippen molar-refractivity contribution in [2.24, 2.45) is 7.05 Å². The number of aryl methyl sites for hydroxylation is 1. The van der Waals surface area contributed by atoms with Gasteiger partial charge in [0, 0.05) is 31.4 Å². The first kappa shape index (κ1) is 28.8. The van der Waals surface area contributed by atoms with Gasteiger partial charge in [-0.05, 0) is 46.1 Å². The molecule has 0 spiro atoms. The smallest absolute Gasteiger partial charge is 0.330 e. The SMILES string of the molecule is CC[N+](CC)(CCCCCCCn1c(=O)cc(C)n(C)c1=O)Cc1ccccc1[N+](=O)[O-].[Br-]. The number of hydrogen-bond donors (Lipinski definition) is 0. The average Bonchev–Trinajstić information content (AvgIpc) is 2.78. The van der Waals surface area contributed by atoms with Crippen LogP contribution in [0.5, 0.6) is 0 Å². The number of rotatable bonds is 13. The topological polar surface area (TPSA) is 87.1 Å². The number of nitro benzene ring substituents is 1. The molecule has 0 radical (unpaired) electrons. The molecule has 184 valence electrons. The molecule has 8 nitrogen and oxygen atoms in total. The van der Waals surface area contributed by atoms with Gasteiger partial charge in [0.1, 0.15) is 6.54 Å². The molecule has 0 unspecified atom stereocenters. The summed E-state index contributed by atoms with van der Waals surface area (Å²) in [5, 5.41) is 11.4. The molecule has 1 heterocycles. The molecule has 0 saturated heterocycles. The van der Waals surface area contributed by atoms with Crippen molar-refractivity contribution in [2.45, 2.75) is 66.0 Å². The van der Waals surface area contributed by atoms with E-state index in [2.05, 4.69) is 13.8 Å². The van der Waals surface area contributed by atoms with Crippen LogP contribution in [0, 0.1) is 17.0 Å². The number of hydrogen-bond acceptors (Lipinski definition) is 4. The van der Waals surface area contributed by atoms with Crippen molar-refractivity contribution in [2.75, 3.05) is 19.6 Å². The van der Waals surface area contributed by atoms with E-state index in [1.165, 1.54) is 15.2 Å². The quantitative estimate of drug-likeness (QED) is 0.167. The van der Waals surface area contributed by atoms with Crippen molar-refractivity contribution in [3.63, 3.8) is 0 Å². The van der Waals surface area contributed by atoms with Crippen LogP contribution >= 0.6 is 0 Å². The van der Waals surface area contributed by atoms with E-state index in [-0.39, 0.29) is 38.8 Å². The van der Waals surface area contributed by atoms with Gasteiger partial charge in [-0.1, -0.05) is 25.0 Å². The van der Waals surface area contributed by atoms with Crippen LogP contribution in [-0.4, -0.2) is 38.2 Å². The average molecular weight is 525 g/mol. The molecular formula is C24H37BrN4O4. The second-order valence-electron chi connectivity index (χ2n) is 8.63. The predicted molar refractivity (Wildman–Crippen MR) is 127 cm³/mol. The van der Waals surface area contributed by atoms with E-state index in [4.69, 9.17) is 0 Å². The molecule has 0 aliphatic rings. The zero-order valence-corrected chi connectivity index (χ0v) is 21.8. The Hall–Kier alpha value is -2.26. The van der Waals surface area contributed by atoms with E-state index in [0.29, 0.717) is 18.8 Å². The number of benzene rings is 1. The minimum Gasteiger partial charge on any atom is -1.00 e. The first-order valence-electron chi connectivity index (χ1n) is 11.6. The Bertz CT molecular complexity index is 1030. The minimum absolute atomic E-state index is 0. The summed E-state index contributed by atoms with van der Waals surface area (Å²) in [6, 6.07) is 8.55. The highest BCUT2D eigenvalue weighted by Crippen LogP contribution is 2.24. The Balaban J connectivity index is 0.00000544. The molecule has 0 bridgehead atoms. The number of para-hydroxylation sites is 1. The molecule has 33 heavy (non-hydrogen) atoms. The molecular weight excluding hydrogens is 488 g/mol. The molecule has 2 rings (SSSR count). The summed E-state index contributed by atoms with van der Waals surface area (Å²) >= 11 is 0. The third-order valence-electron chi connectivity index (χ3n) is 6.70. The van der Waals surface area contributed by atoms with Crippen molar-refractivity contribution >= 4 is 5.69 Å². The summed E-state index contributed by atoms with van der Waals surface area (Å²) in [6.07, 6.45) is 4.92. The molecule has 0 atom stereocenters. The van der Waals surface area contributed by atoms with Crippen molar-refractivity contribution < 1.29 is 26.4 Å². The van der Waals surface area contributed by atoms with Crippen LogP contribution in [-0.2, 0) is 20.1 Å². The summed E-state index contributed by atoms with van der Waals surface area (Å²) in [5.74, 6) is 0. The normalized spacial score (nSPS) is 11.3. The molecule has 0 aliphatic heterocycles. The van der Waals surface area contributed by atoms with Crippen molar-refractivity contribution in [1.29, 1.82) is 0 Å². The maximum Gasteiger partial charge on any atom is 0.330 e. The maximum absolute atomic E-state index is 12.3. The van der Waals surface area contributed by atoms with Gasteiger partial charge < -0.3 is 26.0 Å². The highest BCUT2D eigenvalue weighted by atomic mass is 79.9. The van der Waals surface area contributed by atoms with Crippen LogP contribution in [0.15, 0.2) is 39.9 Å². The van der Waals surface area contributed by atoms with Crippen LogP contribution in [0.3, 0.4) is 0 Å². The lowest BCUT2D eigenvalue weighted by Gasteiger charge is -2.37. The number of nitro groups is 1. The first-order chi connectivity index (χ1) is 15.2. The van der Waals surface area contributed by atoms with Gasteiger partial charge in [0.25, 0.3) is 11.2 Å². The van der Waals surface area contributed by atoms with E-state index >= 15 is 0 Å². The van der Waals surface area contributed by atoms with Gasteiger partial charge in [-0.2, -0.15) is 0 Å². The number of aromatic nitrogens is 2. The molecule has 0 N–H and O–H groups in total. The molecule has 9 heteroatoms. The molecule has 0 amide bonds. The molecule has 1 aromatic heterocycles. The van der Waals surface area contributed by atoms with Gasteiger partial charge >= 0.3 is 5.69 Å². The zero-order chi connectivity index (χ0) is 23.7. The van der Waals surface area contributed by atoms with E-state index < -0.39 is 0 Å². The molecule has 0 aliphatic carbocycles. The van der Waals surface area contributed by atoms with E-state index in [0.717, 1.165) is 61.8 Å². The van der Waals surface area contributed by atoms with E-state index in [1.54, 1.807) is 26.1 Å². The van der Waals surface area contributed by atoms with Gasteiger partial charge in [-0.25, -0.2) is 4.79 Å². The standard InChI is InChI=1S/C24H37N4O4.BrH/c1-5-28(6-2,19-21-14-10-11-15-22(21)27(31)32)17-13-9-7-8-12-16-26-23(29)18-20(3)25(4)24(26)30;/h10-11,14-15,18H,5-9,12-13,16-17,19H2,1-4H3;1H/q+1;/p-1. The van der Waals surface area contributed by atoms with Crippen molar-refractivity contribution in [1.82, 2.24) is 9.13 Å². The van der Waals surface area contributed by atoms with Gasteiger partial charge in [-0.3, -0.25) is 19.5 Å². The monoisotopic (exact) mass is 524 g/mol. The summed E-state index contributed by atoms with van der Waals surface area (Å²) in [6.45, 7) is 10.0. The summed E-state index contributed by atoms with van der Waals surface area (Å²) < 4.78 is 3.65. The highest BCUT2D eigenvalue weighted by Gasteiger charge is 2.27. The van der Waals surface area contributed by atoms with Crippen LogP contribution in [0.4, 0.5) is 5.69 Å². The van der Waals surface area contributed by atoms with E-state index in [1.807, 2.05) is 12.1 Å². The van der Waals surface area contributed by atoms with E-state index in [9.17, 15) is 19.7 Å². The summed E-state index contributed by atoms with van der Waals surface area (Å²) in [7, 11) is 1.68. The summed E-state index contributed by atoms with van der Waals surface area (Å²) in [4.78, 5) is 35.4. The van der Waals surface area contributed by atoms with Crippen LogP contribution in [0.2, 0.25) is 0 Å². The Morgan fingerprint density at radius 2 is 1.61 bits per heavy atom. The minimum atomic E-state index is -0.290. The van der Waals surface area contributed by atoms with Crippen LogP contribution in [0.25, 0.3) is 0 Å². The van der Waals surface area contributed by atoms with Crippen LogP contribution in [0.1, 0.15) is 57.2 Å². The largest absolute Gasteiger partial charge is 1.00 e. The lowest BCUT2D eigenvalue weighted by Crippen LogP contribution is -3.00.